The van der Waals surface area contributed by atoms with Gasteiger partial charge in [0.25, 0.3) is 5.91 Å². The average molecular weight is 424 g/mol. The summed E-state index contributed by atoms with van der Waals surface area (Å²) >= 11 is 0. The normalized spacial score (nSPS) is 31.2. The summed E-state index contributed by atoms with van der Waals surface area (Å²) in [4.78, 5) is 49.3. The van der Waals surface area contributed by atoms with Gasteiger partial charge in [0.05, 0.1) is 11.3 Å². The maximum atomic E-state index is 12.3. The van der Waals surface area contributed by atoms with Gasteiger partial charge >= 0.3 is 5.97 Å². The van der Waals surface area contributed by atoms with Crippen molar-refractivity contribution in [1.82, 2.24) is 5.32 Å². The number of carbonyl (C=O) groups excluding carboxylic acids is 4. The van der Waals surface area contributed by atoms with Gasteiger partial charge in [0.1, 0.15) is 0 Å². The summed E-state index contributed by atoms with van der Waals surface area (Å²) in [5.41, 5.74) is 0.961. The van der Waals surface area contributed by atoms with Gasteiger partial charge in [0, 0.05) is 19.4 Å². The summed E-state index contributed by atoms with van der Waals surface area (Å²) < 4.78 is 5.17. The van der Waals surface area contributed by atoms with Crippen LogP contribution in [0.3, 0.4) is 0 Å². The number of amides is 3. The van der Waals surface area contributed by atoms with E-state index in [1.165, 1.54) is 50.7 Å². The molecule has 5 fully saturated rings. The van der Waals surface area contributed by atoms with Crippen LogP contribution in [0.15, 0.2) is 24.3 Å². The minimum absolute atomic E-state index is 0.209. The summed E-state index contributed by atoms with van der Waals surface area (Å²) in [7, 11) is 0. The molecule has 3 amide bonds. The van der Waals surface area contributed by atoms with Crippen molar-refractivity contribution >= 4 is 29.4 Å². The smallest absolute Gasteiger partial charge is 0.338 e. The molecule has 0 radical (unpaired) electrons. The Kier molecular flexibility index (Phi) is 5.07. The molecular weight excluding hydrogens is 396 g/mol. The van der Waals surface area contributed by atoms with Crippen LogP contribution in [-0.4, -0.2) is 36.8 Å². The highest BCUT2D eigenvalue weighted by molar-refractivity contribution is 6.19. The van der Waals surface area contributed by atoms with Crippen LogP contribution >= 0.6 is 0 Å². The van der Waals surface area contributed by atoms with Crippen LogP contribution in [0.5, 0.6) is 0 Å². The van der Waals surface area contributed by atoms with Crippen molar-refractivity contribution in [3.63, 3.8) is 0 Å². The molecule has 1 aliphatic heterocycles. The Morgan fingerprint density at radius 2 is 1.48 bits per heavy atom. The van der Waals surface area contributed by atoms with E-state index in [2.05, 4.69) is 5.32 Å². The van der Waals surface area contributed by atoms with Crippen LogP contribution in [0.1, 0.15) is 61.7 Å². The number of carbonyl (C=O) groups is 4. The Bertz CT molecular complexity index is 871. The van der Waals surface area contributed by atoms with E-state index < -0.39 is 5.97 Å². The number of benzene rings is 1. The molecule has 1 aromatic rings. The van der Waals surface area contributed by atoms with Gasteiger partial charge < -0.3 is 10.1 Å². The molecule has 5 aliphatic rings. The molecule has 31 heavy (non-hydrogen) atoms. The number of ether oxygens (including phenoxy) is 1. The molecule has 4 aliphatic carbocycles. The summed E-state index contributed by atoms with van der Waals surface area (Å²) in [6.07, 6.45) is 8.16. The third-order valence-corrected chi connectivity index (χ3v) is 7.57. The predicted octanol–water partition coefficient (Wildman–Crippen LogP) is 2.83. The monoisotopic (exact) mass is 424 g/mol. The Labute approximate surface area is 181 Å². The first-order valence-electron chi connectivity index (χ1n) is 11.3. The maximum Gasteiger partial charge on any atom is 0.338 e. The van der Waals surface area contributed by atoms with Crippen molar-refractivity contribution in [2.75, 3.05) is 18.1 Å². The molecule has 1 saturated heterocycles. The van der Waals surface area contributed by atoms with Gasteiger partial charge in [-0.15, -0.1) is 0 Å². The Hall–Kier alpha value is -2.70. The molecule has 6 rings (SSSR count). The van der Waals surface area contributed by atoms with E-state index in [1.54, 1.807) is 12.1 Å². The zero-order chi connectivity index (χ0) is 21.6. The second kappa shape index (κ2) is 7.77. The number of imide groups is 1. The summed E-state index contributed by atoms with van der Waals surface area (Å²) in [5.74, 6) is 1.14. The summed E-state index contributed by atoms with van der Waals surface area (Å²) in [5, 5.41) is 3.00. The van der Waals surface area contributed by atoms with E-state index in [4.69, 9.17) is 4.74 Å². The lowest BCUT2D eigenvalue weighted by molar-refractivity contribution is -0.126. The second-order valence-corrected chi connectivity index (χ2v) is 9.94. The third-order valence-electron chi connectivity index (χ3n) is 7.57. The third kappa shape index (κ3) is 3.98. The molecule has 164 valence electrons. The largest absolute Gasteiger partial charge is 0.452 e. The molecule has 1 heterocycles. The lowest BCUT2D eigenvalue weighted by Gasteiger charge is -2.56. The molecule has 1 aromatic carbocycles. The van der Waals surface area contributed by atoms with E-state index in [0.717, 1.165) is 22.7 Å². The van der Waals surface area contributed by atoms with Gasteiger partial charge in [-0.1, -0.05) is 0 Å². The molecule has 0 spiro atoms. The fourth-order valence-electron chi connectivity index (χ4n) is 6.67. The standard InChI is InChI=1S/C24H28N2O5/c27-20(25-14-24-10-15-7-16(11-24)9-17(8-15)12-24)13-31-23(30)18-1-3-19(4-2-18)26-21(28)5-6-22(26)29/h1-4,15-17H,5-14H2,(H,25,27). The molecule has 0 atom stereocenters. The van der Waals surface area contributed by atoms with E-state index >= 15 is 0 Å². The van der Waals surface area contributed by atoms with Crippen molar-refractivity contribution < 1.29 is 23.9 Å². The minimum Gasteiger partial charge on any atom is -0.452 e. The van der Waals surface area contributed by atoms with Crippen molar-refractivity contribution in [2.24, 2.45) is 23.2 Å². The molecule has 0 aromatic heterocycles. The van der Waals surface area contributed by atoms with Crippen molar-refractivity contribution in [3.05, 3.63) is 29.8 Å². The Morgan fingerprint density at radius 3 is 2.03 bits per heavy atom. The zero-order valence-electron chi connectivity index (χ0n) is 17.6. The number of rotatable bonds is 6. The maximum absolute atomic E-state index is 12.3. The Morgan fingerprint density at radius 1 is 0.935 bits per heavy atom. The van der Waals surface area contributed by atoms with Crippen molar-refractivity contribution in [2.45, 2.75) is 51.4 Å². The zero-order valence-corrected chi connectivity index (χ0v) is 17.6. The summed E-state index contributed by atoms with van der Waals surface area (Å²) in [6, 6.07) is 6.10. The molecule has 7 nitrogen and oxygen atoms in total. The SMILES string of the molecule is O=C(COC(=O)c1ccc(N2C(=O)CCC2=O)cc1)NCC12CC3CC(CC(C3)C1)C2. The number of nitrogens with one attached hydrogen (secondary N) is 1. The Balaban J connectivity index is 1.11. The molecule has 4 saturated carbocycles. The highest BCUT2D eigenvalue weighted by Crippen LogP contribution is 2.59. The van der Waals surface area contributed by atoms with Crippen LogP contribution in [0.25, 0.3) is 0 Å². The van der Waals surface area contributed by atoms with E-state index in [9.17, 15) is 19.2 Å². The van der Waals surface area contributed by atoms with E-state index in [-0.39, 0.29) is 48.1 Å². The first-order chi connectivity index (χ1) is 14.9. The highest BCUT2D eigenvalue weighted by Gasteiger charge is 2.50. The van der Waals surface area contributed by atoms with Gasteiger partial charge in [-0.2, -0.15) is 0 Å². The fourth-order valence-corrected chi connectivity index (χ4v) is 6.67. The lowest BCUT2D eigenvalue weighted by Crippen LogP contribution is -2.51. The average Bonchev–Trinajstić information content (AvgIpc) is 3.08. The van der Waals surface area contributed by atoms with Gasteiger partial charge in [0.2, 0.25) is 11.8 Å². The van der Waals surface area contributed by atoms with E-state index in [1.807, 2.05) is 0 Å². The van der Waals surface area contributed by atoms with Gasteiger partial charge in [-0.05, 0) is 86.0 Å². The lowest BCUT2D eigenvalue weighted by atomic mass is 9.49. The van der Waals surface area contributed by atoms with Crippen LogP contribution < -0.4 is 10.2 Å². The number of anilines is 1. The molecule has 1 N–H and O–H groups in total. The number of hydrogen-bond acceptors (Lipinski definition) is 5. The van der Waals surface area contributed by atoms with Crippen LogP contribution in [0.2, 0.25) is 0 Å². The van der Waals surface area contributed by atoms with E-state index in [0.29, 0.717) is 12.2 Å². The molecule has 0 unspecified atom stereocenters. The number of esters is 1. The summed E-state index contributed by atoms with van der Waals surface area (Å²) in [6.45, 7) is 0.371. The predicted molar refractivity (Wildman–Crippen MR) is 112 cm³/mol. The molecule has 7 heteroatoms. The number of nitrogens with zero attached hydrogens (tertiary/aromatic N) is 1. The van der Waals surface area contributed by atoms with Gasteiger partial charge in [-0.3, -0.25) is 19.3 Å². The van der Waals surface area contributed by atoms with Gasteiger partial charge in [0.15, 0.2) is 6.61 Å². The van der Waals surface area contributed by atoms with Crippen molar-refractivity contribution in [1.29, 1.82) is 0 Å². The second-order valence-electron chi connectivity index (χ2n) is 9.94. The molecule has 4 bridgehead atoms. The fraction of sp³-hybridized carbons (Fsp3) is 0.583. The van der Waals surface area contributed by atoms with Crippen LogP contribution in [-0.2, 0) is 19.1 Å². The minimum atomic E-state index is -0.601. The van der Waals surface area contributed by atoms with Crippen LogP contribution in [0, 0.1) is 23.2 Å². The van der Waals surface area contributed by atoms with Crippen molar-refractivity contribution in [3.8, 4) is 0 Å². The topological polar surface area (TPSA) is 92.8 Å². The molecular formula is C24H28N2O5. The number of hydrogen-bond donors (Lipinski definition) is 1. The first kappa shape index (κ1) is 20.2. The first-order valence-corrected chi connectivity index (χ1v) is 11.3. The quantitative estimate of drug-likeness (QED) is 0.560. The van der Waals surface area contributed by atoms with Gasteiger partial charge in [-0.25, -0.2) is 4.79 Å². The highest BCUT2D eigenvalue weighted by atomic mass is 16.5. The van der Waals surface area contributed by atoms with Crippen LogP contribution in [0.4, 0.5) is 5.69 Å².